The van der Waals surface area contributed by atoms with Gasteiger partial charge in [-0.05, 0) is 61.8 Å². The van der Waals surface area contributed by atoms with E-state index in [2.05, 4.69) is 20.3 Å². The highest BCUT2D eigenvalue weighted by Gasteiger charge is 2.24. The third-order valence-electron chi connectivity index (χ3n) is 4.13. The van der Waals surface area contributed by atoms with Gasteiger partial charge in [-0.15, -0.1) is 0 Å². The van der Waals surface area contributed by atoms with E-state index in [0.29, 0.717) is 11.1 Å². The van der Waals surface area contributed by atoms with Crippen LogP contribution in [0, 0.1) is 6.92 Å². The van der Waals surface area contributed by atoms with Gasteiger partial charge < -0.3 is 15.6 Å². The van der Waals surface area contributed by atoms with E-state index in [1.54, 1.807) is 25.3 Å². The topological polar surface area (TPSA) is 103 Å². The van der Waals surface area contributed by atoms with Crippen LogP contribution in [0.1, 0.15) is 30.5 Å². The highest BCUT2D eigenvalue weighted by atomic mass is 32.2. The van der Waals surface area contributed by atoms with E-state index in [1.807, 2.05) is 26.1 Å². The zero-order chi connectivity index (χ0) is 20.2. The molecule has 1 aromatic heterocycles. The fourth-order valence-corrected chi connectivity index (χ4v) is 4.22. The van der Waals surface area contributed by atoms with E-state index in [9.17, 15) is 13.2 Å². The maximum absolute atomic E-state index is 12.5. The average Bonchev–Trinajstić information content (AvgIpc) is 3.11. The van der Waals surface area contributed by atoms with Crippen molar-refractivity contribution in [3.8, 4) is 0 Å². The lowest BCUT2D eigenvalue weighted by Crippen LogP contribution is -2.41. The first-order valence-corrected chi connectivity index (χ1v) is 10.2. The van der Waals surface area contributed by atoms with Crippen molar-refractivity contribution >= 4 is 33.3 Å². The van der Waals surface area contributed by atoms with Gasteiger partial charge in [-0.1, -0.05) is 12.1 Å². The lowest BCUT2D eigenvalue weighted by Gasteiger charge is -2.25. The number of aromatic nitrogens is 1. The summed E-state index contributed by atoms with van der Waals surface area (Å²) in [7, 11) is -2.29. The number of H-pyrrole nitrogens is 1. The van der Waals surface area contributed by atoms with Gasteiger partial charge in [0.05, 0.1) is 16.9 Å². The van der Waals surface area contributed by atoms with Crippen LogP contribution in [0.15, 0.2) is 41.6 Å². The number of aryl methyl sites for hydroxylation is 1. The third-order valence-corrected chi connectivity index (χ3v) is 6.06. The van der Waals surface area contributed by atoms with Gasteiger partial charge in [0, 0.05) is 19.4 Å². The largest absolute Gasteiger partial charge is 0.367 e. The summed E-state index contributed by atoms with van der Waals surface area (Å²) in [6.45, 7) is 5.50. The summed E-state index contributed by atoms with van der Waals surface area (Å²) in [5.41, 5.74) is 1.57. The van der Waals surface area contributed by atoms with E-state index in [0.717, 1.165) is 5.56 Å². The number of aromatic amines is 1. The molecule has 2 aromatic rings. The first-order valence-electron chi connectivity index (χ1n) is 8.33. The Morgan fingerprint density at radius 3 is 2.56 bits per heavy atom. The van der Waals surface area contributed by atoms with Crippen molar-refractivity contribution in [2.75, 3.05) is 7.05 Å². The van der Waals surface area contributed by atoms with Crippen LogP contribution < -0.4 is 15.4 Å². The lowest BCUT2D eigenvalue weighted by atomic mass is 9.96. The zero-order valence-corrected chi connectivity index (χ0v) is 17.3. The molecule has 9 heteroatoms. The summed E-state index contributed by atoms with van der Waals surface area (Å²) in [6.07, 6.45) is 3.68. The highest BCUT2D eigenvalue weighted by molar-refractivity contribution is 7.91. The van der Waals surface area contributed by atoms with Crippen molar-refractivity contribution in [1.29, 1.82) is 0 Å². The Balaban J connectivity index is 2.18. The second-order valence-corrected chi connectivity index (χ2v) is 8.79. The molecule has 7 nitrogen and oxygen atoms in total. The molecule has 146 valence electrons. The number of rotatable bonds is 6. The Kier molecular flexibility index (Phi) is 6.27. The normalized spacial score (nSPS) is 11.7. The number of benzene rings is 1. The molecule has 0 bridgehead atoms. The Hall–Kier alpha value is -2.39. The van der Waals surface area contributed by atoms with Gasteiger partial charge in [-0.3, -0.25) is 9.52 Å². The Morgan fingerprint density at radius 1 is 1.26 bits per heavy atom. The minimum Gasteiger partial charge on any atom is -0.367 e. The number of carbonyl (C=O) groups is 1. The van der Waals surface area contributed by atoms with Gasteiger partial charge in [0.15, 0.2) is 5.11 Å². The fraction of sp³-hybridized carbons (Fsp3) is 0.333. The molecular formula is C18H24N4O3S2. The van der Waals surface area contributed by atoms with Crippen molar-refractivity contribution in [3.05, 3.63) is 53.3 Å². The number of sulfonamides is 1. The molecule has 0 aliphatic carbocycles. The van der Waals surface area contributed by atoms with Crippen molar-refractivity contribution in [2.45, 2.75) is 37.6 Å². The predicted octanol–water partition coefficient (Wildman–Crippen LogP) is 1.70. The molecule has 1 heterocycles. The monoisotopic (exact) mass is 408 g/mol. The van der Waals surface area contributed by atoms with Gasteiger partial charge in [-0.2, -0.15) is 0 Å². The Bertz CT molecular complexity index is 936. The van der Waals surface area contributed by atoms with E-state index in [1.165, 1.54) is 13.1 Å². The standard InChI is InChI=1S/C18H24N4O3S2/c1-12-5-6-13(9-15(12)27(24,25)22-17(26)19-4)10-16(23)21-18(2,3)14-7-8-20-11-14/h5-9,11,20H,10H2,1-4H3,(H,21,23)(H2,19,22,26). The highest BCUT2D eigenvalue weighted by Crippen LogP contribution is 2.20. The molecule has 1 amide bonds. The summed E-state index contributed by atoms with van der Waals surface area (Å²) in [6, 6.07) is 6.82. The first kappa shape index (κ1) is 20.9. The van der Waals surface area contributed by atoms with E-state index in [4.69, 9.17) is 12.2 Å². The average molecular weight is 409 g/mol. The van der Waals surface area contributed by atoms with Crippen LogP contribution in [-0.4, -0.2) is 31.5 Å². The minimum absolute atomic E-state index is 0.00537. The van der Waals surface area contributed by atoms with Crippen LogP contribution in [0.4, 0.5) is 0 Å². The number of nitrogens with one attached hydrogen (secondary N) is 4. The molecule has 0 atom stereocenters. The second-order valence-electron chi connectivity index (χ2n) is 6.73. The summed E-state index contributed by atoms with van der Waals surface area (Å²) in [4.78, 5) is 15.5. The second kappa shape index (κ2) is 8.10. The van der Waals surface area contributed by atoms with Crippen LogP contribution in [-0.2, 0) is 26.8 Å². The molecule has 2 rings (SSSR count). The first-order chi connectivity index (χ1) is 12.5. The lowest BCUT2D eigenvalue weighted by molar-refractivity contribution is -0.122. The summed E-state index contributed by atoms with van der Waals surface area (Å²) >= 11 is 4.88. The van der Waals surface area contributed by atoms with Gasteiger partial charge in [-0.25, -0.2) is 8.42 Å². The Labute approximate surface area is 165 Å². The number of thiocarbonyl (C=S) groups is 1. The number of hydrogen-bond acceptors (Lipinski definition) is 4. The smallest absolute Gasteiger partial charge is 0.263 e. The van der Waals surface area contributed by atoms with Crippen LogP contribution in [0.3, 0.4) is 0 Å². The Morgan fingerprint density at radius 2 is 1.96 bits per heavy atom. The summed E-state index contributed by atoms with van der Waals surface area (Å²) in [5, 5.41) is 5.54. The van der Waals surface area contributed by atoms with Crippen LogP contribution in [0.2, 0.25) is 0 Å². The predicted molar refractivity (Wildman–Crippen MR) is 109 cm³/mol. The molecule has 0 aliphatic heterocycles. The minimum atomic E-state index is -3.82. The van der Waals surface area contributed by atoms with Crippen molar-refractivity contribution in [3.63, 3.8) is 0 Å². The molecule has 0 fully saturated rings. The SMILES string of the molecule is CNC(=S)NS(=O)(=O)c1cc(CC(=O)NC(C)(C)c2cc[nH]c2)ccc1C. The number of carbonyl (C=O) groups excluding carboxylic acids is 1. The van der Waals surface area contributed by atoms with Crippen LogP contribution in [0.5, 0.6) is 0 Å². The maximum atomic E-state index is 12.5. The van der Waals surface area contributed by atoms with Gasteiger partial charge >= 0.3 is 0 Å². The van der Waals surface area contributed by atoms with Crippen molar-refractivity contribution < 1.29 is 13.2 Å². The molecule has 0 radical (unpaired) electrons. The number of amides is 1. The quantitative estimate of drug-likeness (QED) is 0.545. The van der Waals surface area contributed by atoms with E-state index >= 15 is 0 Å². The molecule has 0 aliphatic rings. The molecule has 0 saturated carbocycles. The number of hydrogen-bond donors (Lipinski definition) is 4. The van der Waals surface area contributed by atoms with Crippen molar-refractivity contribution in [2.24, 2.45) is 0 Å². The van der Waals surface area contributed by atoms with Gasteiger partial charge in [0.1, 0.15) is 0 Å². The molecule has 27 heavy (non-hydrogen) atoms. The molecular weight excluding hydrogens is 384 g/mol. The van der Waals surface area contributed by atoms with Crippen LogP contribution in [0.25, 0.3) is 0 Å². The van der Waals surface area contributed by atoms with E-state index < -0.39 is 15.6 Å². The maximum Gasteiger partial charge on any atom is 0.263 e. The molecule has 0 spiro atoms. The zero-order valence-electron chi connectivity index (χ0n) is 15.7. The molecule has 0 unspecified atom stereocenters. The summed E-state index contributed by atoms with van der Waals surface area (Å²) in [5.74, 6) is -0.202. The van der Waals surface area contributed by atoms with E-state index in [-0.39, 0.29) is 22.3 Å². The third kappa shape index (κ3) is 5.30. The van der Waals surface area contributed by atoms with Crippen molar-refractivity contribution in [1.82, 2.24) is 20.3 Å². The molecule has 0 saturated heterocycles. The molecule has 1 aromatic carbocycles. The van der Waals surface area contributed by atoms with Gasteiger partial charge in [0.25, 0.3) is 10.0 Å². The summed E-state index contributed by atoms with van der Waals surface area (Å²) < 4.78 is 27.3. The molecule has 4 N–H and O–H groups in total. The fourth-order valence-electron chi connectivity index (χ4n) is 2.63. The van der Waals surface area contributed by atoms with Crippen LogP contribution >= 0.6 is 12.2 Å². The van der Waals surface area contributed by atoms with Gasteiger partial charge in [0.2, 0.25) is 5.91 Å².